The molecule has 19 heavy (non-hydrogen) atoms. The third-order valence-electron chi connectivity index (χ3n) is 3.56. The predicted molar refractivity (Wildman–Crippen MR) is 78.2 cm³/mol. The van der Waals surface area contributed by atoms with E-state index in [0.717, 1.165) is 6.54 Å². The number of hydrogen-bond acceptors (Lipinski definition) is 3. The van der Waals surface area contributed by atoms with Crippen molar-refractivity contribution in [1.82, 2.24) is 10.6 Å². The lowest BCUT2D eigenvalue weighted by atomic mass is 10.1. The average Bonchev–Trinajstić information content (AvgIpc) is 2.68. The fourth-order valence-corrected chi connectivity index (χ4v) is 2.91. The third-order valence-corrected chi connectivity index (χ3v) is 4.18. The fraction of sp³-hybridized carbons (Fsp3) is 0.643. The fourth-order valence-electron chi connectivity index (χ4n) is 2.49. The highest BCUT2D eigenvalue weighted by molar-refractivity contribution is 9.10. The summed E-state index contributed by atoms with van der Waals surface area (Å²) in [6.07, 6.45) is 9.41. The lowest BCUT2D eigenvalue weighted by Crippen LogP contribution is -2.36. The van der Waals surface area contributed by atoms with Gasteiger partial charge in [0, 0.05) is 19.1 Å². The molecule has 5 heteroatoms. The van der Waals surface area contributed by atoms with E-state index >= 15 is 0 Å². The maximum absolute atomic E-state index is 11.8. The summed E-state index contributed by atoms with van der Waals surface area (Å²) in [5.74, 6) is -0.0942. The zero-order valence-corrected chi connectivity index (χ0v) is 12.7. The van der Waals surface area contributed by atoms with Crippen LogP contribution in [0.4, 0.5) is 0 Å². The Hall–Kier alpha value is -0.810. The van der Waals surface area contributed by atoms with Crippen molar-refractivity contribution in [3.8, 4) is 0 Å². The minimum atomic E-state index is -0.0942. The summed E-state index contributed by atoms with van der Waals surface area (Å²) in [6, 6.07) is 2.29. The minimum Gasteiger partial charge on any atom is -0.457 e. The van der Waals surface area contributed by atoms with E-state index in [4.69, 9.17) is 4.42 Å². The molecule has 2 N–H and O–H groups in total. The number of furan rings is 1. The van der Waals surface area contributed by atoms with E-state index in [0.29, 0.717) is 22.8 Å². The number of carbonyl (C=O) groups is 1. The first-order valence-corrected chi connectivity index (χ1v) is 7.81. The Kier molecular flexibility index (Phi) is 5.92. The third kappa shape index (κ3) is 4.66. The first kappa shape index (κ1) is 14.6. The molecule has 1 saturated carbocycles. The zero-order valence-electron chi connectivity index (χ0n) is 11.1. The number of halogens is 1. The molecule has 0 radical (unpaired) electrons. The maximum atomic E-state index is 11.8. The van der Waals surface area contributed by atoms with Crippen LogP contribution in [-0.4, -0.2) is 25.0 Å². The van der Waals surface area contributed by atoms with Crippen LogP contribution in [0.3, 0.4) is 0 Å². The molecule has 1 amide bonds. The Labute approximate surface area is 122 Å². The van der Waals surface area contributed by atoms with Gasteiger partial charge in [0.05, 0.1) is 11.8 Å². The molecule has 1 aromatic heterocycles. The van der Waals surface area contributed by atoms with Crippen LogP contribution in [0, 0.1) is 0 Å². The molecule has 106 valence electrons. The van der Waals surface area contributed by atoms with E-state index in [9.17, 15) is 4.79 Å². The first-order valence-electron chi connectivity index (χ1n) is 7.02. The van der Waals surface area contributed by atoms with E-state index in [1.54, 1.807) is 6.07 Å². The van der Waals surface area contributed by atoms with Gasteiger partial charge >= 0.3 is 0 Å². The van der Waals surface area contributed by atoms with Crippen LogP contribution in [0.1, 0.15) is 48.9 Å². The molecule has 0 unspecified atom stereocenters. The molecular formula is C14H21BrN2O2. The Morgan fingerprint density at radius 3 is 2.63 bits per heavy atom. The normalized spacial score (nSPS) is 17.1. The van der Waals surface area contributed by atoms with E-state index in [1.807, 2.05) is 0 Å². The number of rotatable bonds is 5. The van der Waals surface area contributed by atoms with Crippen molar-refractivity contribution in [3.05, 3.63) is 22.6 Å². The number of nitrogens with one attached hydrogen (secondary N) is 2. The van der Waals surface area contributed by atoms with Crippen molar-refractivity contribution in [2.45, 2.75) is 44.6 Å². The van der Waals surface area contributed by atoms with Gasteiger partial charge in [-0.15, -0.1) is 0 Å². The molecule has 1 aliphatic carbocycles. The second-order valence-corrected chi connectivity index (χ2v) is 5.73. The molecular weight excluding hydrogens is 308 g/mol. The largest absolute Gasteiger partial charge is 0.457 e. The standard InChI is InChI=1S/C14H21BrN2O2/c15-13-12(7-10-19-13)14(18)17-9-8-16-11-5-3-1-2-4-6-11/h7,10-11,16H,1-6,8-9H2,(H,17,18). The topological polar surface area (TPSA) is 54.3 Å². The molecule has 4 nitrogen and oxygen atoms in total. The SMILES string of the molecule is O=C(NCCNC1CCCCCC1)c1ccoc1Br. The van der Waals surface area contributed by atoms with E-state index in [1.165, 1.54) is 44.8 Å². The first-order chi connectivity index (χ1) is 9.27. The summed E-state index contributed by atoms with van der Waals surface area (Å²) in [4.78, 5) is 11.8. The van der Waals surface area contributed by atoms with Crippen LogP contribution in [0.2, 0.25) is 0 Å². The lowest BCUT2D eigenvalue weighted by molar-refractivity contribution is 0.0952. The van der Waals surface area contributed by atoms with E-state index < -0.39 is 0 Å². The van der Waals surface area contributed by atoms with E-state index in [-0.39, 0.29) is 5.91 Å². The summed E-state index contributed by atoms with van der Waals surface area (Å²) in [5.41, 5.74) is 0.550. The number of amides is 1. The maximum Gasteiger partial charge on any atom is 0.255 e. The Bertz CT molecular complexity index is 398. The molecule has 0 aromatic carbocycles. The Morgan fingerprint density at radius 1 is 1.26 bits per heavy atom. The van der Waals surface area contributed by atoms with Crippen LogP contribution >= 0.6 is 15.9 Å². The summed E-state index contributed by atoms with van der Waals surface area (Å²) in [6.45, 7) is 1.47. The van der Waals surface area contributed by atoms with Crippen molar-refractivity contribution >= 4 is 21.8 Å². The van der Waals surface area contributed by atoms with Gasteiger partial charge in [-0.3, -0.25) is 4.79 Å². The molecule has 0 spiro atoms. The van der Waals surface area contributed by atoms with Crippen molar-refractivity contribution in [2.75, 3.05) is 13.1 Å². The van der Waals surface area contributed by atoms with Gasteiger partial charge in [0.15, 0.2) is 4.67 Å². The molecule has 1 fully saturated rings. The zero-order chi connectivity index (χ0) is 13.5. The van der Waals surface area contributed by atoms with Gasteiger partial charge in [-0.1, -0.05) is 25.7 Å². The summed E-state index contributed by atoms with van der Waals surface area (Å²) < 4.78 is 5.53. The number of hydrogen-bond donors (Lipinski definition) is 2. The van der Waals surface area contributed by atoms with Crippen LogP contribution in [0.25, 0.3) is 0 Å². The van der Waals surface area contributed by atoms with Crippen LogP contribution in [0.15, 0.2) is 21.4 Å². The highest BCUT2D eigenvalue weighted by atomic mass is 79.9. The van der Waals surface area contributed by atoms with Crippen LogP contribution in [-0.2, 0) is 0 Å². The Morgan fingerprint density at radius 2 is 2.00 bits per heavy atom. The minimum absolute atomic E-state index is 0.0942. The van der Waals surface area contributed by atoms with Crippen molar-refractivity contribution in [1.29, 1.82) is 0 Å². The quantitative estimate of drug-likeness (QED) is 0.645. The van der Waals surface area contributed by atoms with Gasteiger partial charge in [-0.05, 0) is 34.8 Å². The predicted octanol–water partition coefficient (Wildman–Crippen LogP) is 3.08. The molecule has 1 aromatic rings. The monoisotopic (exact) mass is 328 g/mol. The van der Waals surface area contributed by atoms with E-state index in [2.05, 4.69) is 26.6 Å². The van der Waals surface area contributed by atoms with Gasteiger partial charge in [0.2, 0.25) is 0 Å². The summed E-state index contributed by atoms with van der Waals surface area (Å²) in [7, 11) is 0. The molecule has 0 bridgehead atoms. The van der Waals surface area contributed by atoms with Crippen LogP contribution in [0.5, 0.6) is 0 Å². The van der Waals surface area contributed by atoms with Crippen LogP contribution < -0.4 is 10.6 Å². The van der Waals surface area contributed by atoms with Gasteiger partial charge in [-0.2, -0.15) is 0 Å². The van der Waals surface area contributed by atoms with Crippen molar-refractivity contribution in [3.63, 3.8) is 0 Å². The molecule has 0 saturated heterocycles. The van der Waals surface area contributed by atoms with Gasteiger partial charge < -0.3 is 15.1 Å². The highest BCUT2D eigenvalue weighted by Gasteiger charge is 2.13. The molecule has 0 atom stereocenters. The summed E-state index contributed by atoms with van der Waals surface area (Å²) in [5, 5.41) is 6.42. The number of carbonyl (C=O) groups excluding carboxylic acids is 1. The molecule has 1 heterocycles. The smallest absolute Gasteiger partial charge is 0.255 e. The molecule has 2 rings (SSSR count). The van der Waals surface area contributed by atoms with Gasteiger partial charge in [-0.25, -0.2) is 0 Å². The molecule has 0 aliphatic heterocycles. The van der Waals surface area contributed by atoms with Gasteiger partial charge in [0.1, 0.15) is 0 Å². The highest BCUT2D eigenvalue weighted by Crippen LogP contribution is 2.17. The summed E-state index contributed by atoms with van der Waals surface area (Å²) >= 11 is 3.20. The van der Waals surface area contributed by atoms with Crippen molar-refractivity contribution in [2.24, 2.45) is 0 Å². The van der Waals surface area contributed by atoms with Crippen molar-refractivity contribution < 1.29 is 9.21 Å². The lowest BCUT2D eigenvalue weighted by Gasteiger charge is -2.16. The Balaban J connectivity index is 1.64. The second kappa shape index (κ2) is 7.70. The average molecular weight is 329 g/mol. The molecule has 1 aliphatic rings. The second-order valence-electron chi connectivity index (χ2n) is 5.01. The van der Waals surface area contributed by atoms with Gasteiger partial charge in [0.25, 0.3) is 5.91 Å².